The second kappa shape index (κ2) is 8.65. The minimum absolute atomic E-state index is 0.108. The molecule has 27 heavy (non-hydrogen) atoms. The molecule has 5 nitrogen and oxygen atoms in total. The smallest absolute Gasteiger partial charge is 0.418 e. The maximum Gasteiger partial charge on any atom is 0.418 e. The third kappa shape index (κ3) is 6.72. The summed E-state index contributed by atoms with van der Waals surface area (Å²) in [6, 6.07) is 2.87. The number of carbonyl (C=O) groups is 1. The molecule has 1 aliphatic rings. The van der Waals surface area contributed by atoms with Gasteiger partial charge in [0.15, 0.2) is 0 Å². The highest BCUT2D eigenvalue weighted by Gasteiger charge is 2.34. The Morgan fingerprint density at radius 2 is 1.81 bits per heavy atom. The molecule has 1 aliphatic carbocycles. The first-order chi connectivity index (χ1) is 12.7. The summed E-state index contributed by atoms with van der Waals surface area (Å²) >= 11 is 0. The molecule has 1 fully saturated rings. The molecule has 0 radical (unpaired) electrons. The van der Waals surface area contributed by atoms with Gasteiger partial charge in [0, 0.05) is 6.07 Å². The topological polar surface area (TPSA) is 74.2 Å². The molecule has 2 aromatic rings. The van der Waals surface area contributed by atoms with Crippen LogP contribution in [0.1, 0.15) is 30.5 Å². The van der Waals surface area contributed by atoms with E-state index in [4.69, 9.17) is 5.11 Å². The van der Waals surface area contributed by atoms with E-state index in [0.29, 0.717) is 6.07 Å². The molecule has 146 valence electrons. The van der Waals surface area contributed by atoms with E-state index >= 15 is 0 Å². The SMILES string of the molecule is C1CC1.O=C(O)NCc1ncc(Nc2ccc(F)cc2C(F)(F)F)cc1F. The number of carboxylic acid groups (broad SMARTS) is 1. The minimum atomic E-state index is -4.80. The molecule has 1 saturated carbocycles. The molecule has 1 aromatic carbocycles. The summed E-state index contributed by atoms with van der Waals surface area (Å²) in [4.78, 5) is 14.0. The number of pyridine rings is 1. The number of nitrogens with one attached hydrogen (secondary N) is 2. The number of benzene rings is 1. The number of hydrogen-bond acceptors (Lipinski definition) is 3. The van der Waals surface area contributed by atoms with Crippen LogP contribution in [-0.4, -0.2) is 16.2 Å². The highest BCUT2D eigenvalue weighted by atomic mass is 19.4. The van der Waals surface area contributed by atoms with Crippen LogP contribution in [0.25, 0.3) is 0 Å². The average Bonchev–Trinajstić information content (AvgIpc) is 3.43. The van der Waals surface area contributed by atoms with Crippen molar-refractivity contribution in [3.05, 3.63) is 53.4 Å². The standard InChI is InChI=1S/C14H10F5N3O2.C3H6/c15-7-1-2-11(9(3-7)14(17,18)19)22-8-4-10(16)12(20-5-8)6-21-13(23)24;1-2-3-1/h1-5,21-22H,6H2,(H,23,24);1-3H2. The number of halogens is 5. The molecule has 3 N–H and O–H groups in total. The summed E-state index contributed by atoms with van der Waals surface area (Å²) in [6.07, 6.45) is -0.646. The van der Waals surface area contributed by atoms with Crippen molar-refractivity contribution in [1.29, 1.82) is 0 Å². The molecule has 3 rings (SSSR count). The van der Waals surface area contributed by atoms with Crippen molar-refractivity contribution in [2.24, 2.45) is 0 Å². The molecule has 1 aromatic heterocycles. The molecule has 1 heterocycles. The zero-order chi connectivity index (χ0) is 20.0. The van der Waals surface area contributed by atoms with E-state index in [-0.39, 0.29) is 11.4 Å². The lowest BCUT2D eigenvalue weighted by molar-refractivity contribution is -0.137. The van der Waals surface area contributed by atoms with Crippen molar-refractivity contribution in [3.8, 4) is 0 Å². The Balaban J connectivity index is 0.000000789. The number of anilines is 2. The van der Waals surface area contributed by atoms with Gasteiger partial charge in [0.1, 0.15) is 11.6 Å². The lowest BCUT2D eigenvalue weighted by Crippen LogP contribution is -2.21. The molecule has 10 heteroatoms. The number of amides is 1. The van der Waals surface area contributed by atoms with Gasteiger partial charge < -0.3 is 15.7 Å². The van der Waals surface area contributed by atoms with Gasteiger partial charge in [-0.25, -0.2) is 13.6 Å². The van der Waals surface area contributed by atoms with Crippen LogP contribution in [0.15, 0.2) is 30.5 Å². The first-order valence-corrected chi connectivity index (χ1v) is 7.92. The summed E-state index contributed by atoms with van der Waals surface area (Å²) in [7, 11) is 0. The van der Waals surface area contributed by atoms with Crippen LogP contribution in [0.5, 0.6) is 0 Å². The number of aromatic nitrogens is 1. The molecule has 0 saturated heterocycles. The van der Waals surface area contributed by atoms with Crippen LogP contribution in [0.4, 0.5) is 38.1 Å². The van der Waals surface area contributed by atoms with Crippen molar-refractivity contribution >= 4 is 17.5 Å². The molecule has 1 amide bonds. The van der Waals surface area contributed by atoms with Crippen LogP contribution in [0, 0.1) is 11.6 Å². The Morgan fingerprint density at radius 3 is 2.33 bits per heavy atom. The number of rotatable bonds is 4. The minimum Gasteiger partial charge on any atom is -0.465 e. The monoisotopic (exact) mass is 389 g/mol. The summed E-state index contributed by atoms with van der Waals surface area (Å²) in [5.74, 6) is -1.98. The third-order valence-corrected chi connectivity index (χ3v) is 3.24. The van der Waals surface area contributed by atoms with Crippen molar-refractivity contribution < 1.29 is 31.9 Å². The van der Waals surface area contributed by atoms with E-state index in [2.05, 4.69) is 10.3 Å². The van der Waals surface area contributed by atoms with Crippen LogP contribution >= 0.6 is 0 Å². The zero-order valence-corrected chi connectivity index (χ0v) is 13.9. The van der Waals surface area contributed by atoms with Gasteiger partial charge in [-0.3, -0.25) is 4.98 Å². The fourth-order valence-electron chi connectivity index (χ4n) is 1.84. The molecular weight excluding hydrogens is 373 g/mol. The van der Waals surface area contributed by atoms with Crippen molar-refractivity contribution in [2.45, 2.75) is 32.0 Å². The summed E-state index contributed by atoms with van der Waals surface area (Å²) in [6.45, 7) is -0.397. The van der Waals surface area contributed by atoms with E-state index < -0.39 is 41.7 Å². The molecule has 0 bridgehead atoms. The van der Waals surface area contributed by atoms with Gasteiger partial charge in [-0.15, -0.1) is 0 Å². The van der Waals surface area contributed by atoms with E-state index in [1.54, 1.807) is 0 Å². The van der Waals surface area contributed by atoms with Gasteiger partial charge in [-0.05, 0) is 18.2 Å². The summed E-state index contributed by atoms with van der Waals surface area (Å²) in [5, 5.41) is 12.7. The Bertz CT molecular complexity index is 807. The largest absolute Gasteiger partial charge is 0.465 e. The Labute approximate surface area is 151 Å². The van der Waals surface area contributed by atoms with Crippen molar-refractivity contribution in [2.75, 3.05) is 5.32 Å². The molecule has 0 spiro atoms. The molecule has 0 atom stereocenters. The fraction of sp³-hybridized carbons (Fsp3) is 0.294. The van der Waals surface area contributed by atoms with Crippen LogP contribution in [0.3, 0.4) is 0 Å². The fourth-order valence-corrected chi connectivity index (χ4v) is 1.84. The molecule has 0 unspecified atom stereocenters. The van der Waals surface area contributed by atoms with Gasteiger partial charge in [0.2, 0.25) is 0 Å². The number of hydrogen-bond donors (Lipinski definition) is 3. The Kier molecular flexibility index (Phi) is 6.54. The first-order valence-electron chi connectivity index (χ1n) is 7.92. The van der Waals surface area contributed by atoms with Crippen molar-refractivity contribution in [1.82, 2.24) is 10.3 Å². The second-order valence-electron chi connectivity index (χ2n) is 5.68. The quantitative estimate of drug-likeness (QED) is 0.639. The van der Waals surface area contributed by atoms with E-state index in [1.165, 1.54) is 19.3 Å². The Hall–Kier alpha value is -2.91. The van der Waals surface area contributed by atoms with Crippen LogP contribution in [-0.2, 0) is 12.7 Å². The third-order valence-electron chi connectivity index (χ3n) is 3.24. The average molecular weight is 389 g/mol. The maximum atomic E-state index is 13.8. The van der Waals surface area contributed by atoms with Crippen LogP contribution < -0.4 is 10.6 Å². The zero-order valence-electron chi connectivity index (χ0n) is 13.9. The van der Waals surface area contributed by atoms with Crippen molar-refractivity contribution in [3.63, 3.8) is 0 Å². The summed E-state index contributed by atoms with van der Waals surface area (Å²) in [5.41, 5.74) is -2.05. The number of alkyl halides is 3. The van der Waals surface area contributed by atoms with E-state index in [9.17, 15) is 26.7 Å². The number of nitrogens with zero attached hydrogens (tertiary/aromatic N) is 1. The van der Waals surface area contributed by atoms with Crippen LogP contribution in [0.2, 0.25) is 0 Å². The summed E-state index contributed by atoms with van der Waals surface area (Å²) < 4.78 is 65.5. The highest BCUT2D eigenvalue weighted by molar-refractivity contribution is 5.65. The Morgan fingerprint density at radius 1 is 1.15 bits per heavy atom. The normalized spacial score (nSPS) is 12.6. The maximum absolute atomic E-state index is 13.8. The highest BCUT2D eigenvalue weighted by Crippen LogP contribution is 2.36. The predicted octanol–water partition coefficient (Wildman–Crippen LogP) is 5.06. The van der Waals surface area contributed by atoms with E-state index in [0.717, 1.165) is 24.4 Å². The lowest BCUT2D eigenvalue weighted by Gasteiger charge is -2.15. The first kappa shape index (κ1) is 20.4. The predicted molar refractivity (Wildman–Crippen MR) is 87.6 cm³/mol. The second-order valence-corrected chi connectivity index (χ2v) is 5.68. The van der Waals surface area contributed by atoms with E-state index in [1.807, 2.05) is 5.32 Å². The van der Waals surface area contributed by atoms with Gasteiger partial charge >= 0.3 is 12.3 Å². The van der Waals surface area contributed by atoms with Gasteiger partial charge in [0.25, 0.3) is 0 Å². The van der Waals surface area contributed by atoms with Gasteiger partial charge in [0.05, 0.1) is 35.4 Å². The van der Waals surface area contributed by atoms with Gasteiger partial charge in [-0.2, -0.15) is 13.2 Å². The van der Waals surface area contributed by atoms with Gasteiger partial charge in [-0.1, -0.05) is 19.3 Å². The molecular formula is C17H16F5N3O2. The lowest BCUT2D eigenvalue weighted by atomic mass is 10.1. The molecule has 0 aliphatic heterocycles.